The quantitative estimate of drug-likeness (QED) is 0.678. The number of hydrogen-bond acceptors (Lipinski definition) is 4. The highest BCUT2D eigenvalue weighted by Crippen LogP contribution is 2.34. The van der Waals surface area contributed by atoms with E-state index in [-0.39, 0.29) is 17.7 Å². The molecule has 0 atom stereocenters. The van der Waals surface area contributed by atoms with E-state index in [1.807, 2.05) is 24.4 Å². The van der Waals surface area contributed by atoms with E-state index in [1.165, 1.54) is 0 Å². The van der Waals surface area contributed by atoms with Crippen molar-refractivity contribution in [2.75, 3.05) is 7.11 Å². The number of hydrogen-bond donors (Lipinski definition) is 0. The van der Waals surface area contributed by atoms with Crippen LogP contribution in [0.5, 0.6) is 5.75 Å². The van der Waals surface area contributed by atoms with E-state index in [0.29, 0.717) is 0 Å². The normalized spacial score (nSPS) is 11.4. The van der Waals surface area contributed by atoms with Crippen LogP contribution in [0.2, 0.25) is 0 Å². The Morgan fingerprint density at radius 2 is 1.96 bits per heavy atom. The summed E-state index contributed by atoms with van der Waals surface area (Å²) in [7, 11) is 1.64. The van der Waals surface area contributed by atoms with Gasteiger partial charge in [0.15, 0.2) is 5.78 Å². The van der Waals surface area contributed by atoms with E-state index in [4.69, 9.17) is 4.74 Å². The minimum atomic E-state index is -0.297. The Morgan fingerprint density at radius 3 is 2.69 bits per heavy atom. The highest BCUT2D eigenvalue weighted by Gasteiger charge is 2.27. The first kappa shape index (κ1) is 17.9. The Balaban J connectivity index is 2.01. The lowest BCUT2D eigenvalue weighted by Crippen LogP contribution is -2.25. The zero-order valence-corrected chi connectivity index (χ0v) is 15.6. The summed E-state index contributed by atoms with van der Waals surface area (Å²) in [5, 5.41) is 4.32. The van der Waals surface area contributed by atoms with Crippen LogP contribution >= 0.6 is 0 Å². The van der Waals surface area contributed by atoms with E-state index in [2.05, 4.69) is 42.1 Å². The first-order chi connectivity index (χ1) is 12.4. The molecule has 134 valence electrons. The topological polar surface area (TPSA) is 57.0 Å². The standard InChI is InChI=1S/C21H23N3O2/c1-15(25)14-24-20(8-9-23-24)21(2,3)18-7-5-6-16(10-18)17-11-19(26-4)13-22-12-17/h5-13H,14H2,1-4H3. The Hall–Kier alpha value is -2.95. The van der Waals surface area contributed by atoms with Crippen LogP contribution in [0, 0.1) is 0 Å². The molecule has 0 aliphatic carbocycles. The predicted octanol–water partition coefficient (Wildman–Crippen LogP) is 3.87. The Bertz CT molecular complexity index is 928. The van der Waals surface area contributed by atoms with E-state index >= 15 is 0 Å². The molecule has 0 aliphatic heterocycles. The van der Waals surface area contributed by atoms with E-state index < -0.39 is 0 Å². The summed E-state index contributed by atoms with van der Waals surface area (Å²) in [6.45, 7) is 6.15. The first-order valence-corrected chi connectivity index (χ1v) is 8.53. The molecule has 0 N–H and O–H groups in total. The molecular formula is C21H23N3O2. The van der Waals surface area contributed by atoms with Crippen LogP contribution in [-0.2, 0) is 16.8 Å². The zero-order valence-electron chi connectivity index (χ0n) is 15.6. The van der Waals surface area contributed by atoms with Crippen molar-refractivity contribution in [3.8, 4) is 16.9 Å². The van der Waals surface area contributed by atoms with Crippen molar-refractivity contribution in [1.82, 2.24) is 14.8 Å². The average Bonchev–Trinajstić information content (AvgIpc) is 3.10. The molecule has 2 heterocycles. The molecule has 0 fully saturated rings. The maximum absolute atomic E-state index is 11.5. The molecule has 0 spiro atoms. The van der Waals surface area contributed by atoms with Gasteiger partial charge in [-0.25, -0.2) is 0 Å². The minimum absolute atomic E-state index is 0.0851. The lowest BCUT2D eigenvalue weighted by molar-refractivity contribution is -0.117. The number of ether oxygens (including phenoxy) is 1. The number of carbonyl (C=O) groups excluding carboxylic acids is 1. The predicted molar refractivity (Wildman–Crippen MR) is 101 cm³/mol. The Kier molecular flexibility index (Phi) is 4.89. The third kappa shape index (κ3) is 3.52. The molecule has 2 aromatic heterocycles. The van der Waals surface area contributed by atoms with Crippen molar-refractivity contribution in [3.63, 3.8) is 0 Å². The van der Waals surface area contributed by atoms with Gasteiger partial charge in [0.25, 0.3) is 0 Å². The molecule has 26 heavy (non-hydrogen) atoms. The summed E-state index contributed by atoms with van der Waals surface area (Å²) in [5.74, 6) is 0.814. The van der Waals surface area contributed by atoms with Gasteiger partial charge in [-0.3, -0.25) is 14.5 Å². The number of rotatable bonds is 6. The smallest absolute Gasteiger partial charge is 0.151 e. The largest absolute Gasteiger partial charge is 0.495 e. The number of Topliss-reactive ketones (excluding diaryl/α,β-unsaturated/α-hetero) is 1. The molecule has 5 nitrogen and oxygen atoms in total. The third-order valence-corrected chi connectivity index (χ3v) is 4.60. The van der Waals surface area contributed by atoms with Crippen molar-refractivity contribution in [3.05, 3.63) is 66.2 Å². The molecule has 0 unspecified atom stereocenters. The maximum Gasteiger partial charge on any atom is 0.151 e. The molecular weight excluding hydrogens is 326 g/mol. The van der Waals surface area contributed by atoms with Gasteiger partial charge < -0.3 is 4.74 Å². The summed E-state index contributed by atoms with van der Waals surface area (Å²) in [6.07, 6.45) is 5.27. The number of nitrogens with zero attached hydrogens (tertiary/aromatic N) is 3. The van der Waals surface area contributed by atoms with Crippen LogP contribution in [-0.4, -0.2) is 27.7 Å². The highest BCUT2D eigenvalue weighted by atomic mass is 16.5. The molecule has 5 heteroatoms. The van der Waals surface area contributed by atoms with Crippen LogP contribution < -0.4 is 4.74 Å². The number of benzene rings is 1. The summed E-state index contributed by atoms with van der Waals surface area (Å²) in [4.78, 5) is 15.8. The fourth-order valence-electron chi connectivity index (χ4n) is 3.12. The SMILES string of the molecule is COc1cncc(-c2cccc(C(C)(C)c3ccnn3CC(C)=O)c2)c1. The van der Waals surface area contributed by atoms with Crippen LogP contribution in [0.3, 0.4) is 0 Å². The lowest BCUT2D eigenvalue weighted by Gasteiger charge is -2.27. The monoisotopic (exact) mass is 349 g/mol. The van der Waals surface area contributed by atoms with Gasteiger partial charge in [0.05, 0.1) is 19.9 Å². The molecule has 3 rings (SSSR count). The molecule has 0 radical (unpaired) electrons. The molecule has 0 saturated carbocycles. The van der Waals surface area contributed by atoms with Crippen molar-refractivity contribution in [2.24, 2.45) is 0 Å². The maximum atomic E-state index is 11.5. The number of ketones is 1. The second-order valence-corrected chi connectivity index (χ2v) is 6.90. The van der Waals surface area contributed by atoms with E-state index in [1.54, 1.807) is 31.1 Å². The number of carbonyl (C=O) groups is 1. The molecule has 0 amide bonds. The van der Waals surface area contributed by atoms with Crippen molar-refractivity contribution in [2.45, 2.75) is 32.7 Å². The highest BCUT2D eigenvalue weighted by molar-refractivity contribution is 5.75. The average molecular weight is 349 g/mol. The van der Waals surface area contributed by atoms with Crippen LogP contribution in [0.15, 0.2) is 55.0 Å². The van der Waals surface area contributed by atoms with Crippen LogP contribution in [0.4, 0.5) is 0 Å². The van der Waals surface area contributed by atoms with Crippen LogP contribution in [0.25, 0.3) is 11.1 Å². The molecule has 3 aromatic rings. The van der Waals surface area contributed by atoms with Gasteiger partial charge >= 0.3 is 0 Å². The van der Waals surface area contributed by atoms with Gasteiger partial charge in [-0.1, -0.05) is 38.1 Å². The minimum Gasteiger partial charge on any atom is -0.495 e. The molecule has 0 saturated heterocycles. The van der Waals surface area contributed by atoms with E-state index in [9.17, 15) is 4.79 Å². The summed E-state index contributed by atoms with van der Waals surface area (Å²) < 4.78 is 7.06. The number of aromatic nitrogens is 3. The molecule has 0 aliphatic rings. The second-order valence-electron chi connectivity index (χ2n) is 6.90. The van der Waals surface area contributed by atoms with Gasteiger partial charge in [0.2, 0.25) is 0 Å². The lowest BCUT2D eigenvalue weighted by atomic mass is 9.80. The Labute approximate surface area is 153 Å². The van der Waals surface area contributed by atoms with Crippen molar-refractivity contribution >= 4 is 5.78 Å². The summed E-state index contributed by atoms with van der Waals surface area (Å²) >= 11 is 0. The molecule has 0 bridgehead atoms. The third-order valence-electron chi connectivity index (χ3n) is 4.60. The second kappa shape index (κ2) is 7.12. The fraction of sp³-hybridized carbons (Fsp3) is 0.286. The fourth-order valence-corrected chi connectivity index (χ4v) is 3.12. The Morgan fingerprint density at radius 1 is 1.15 bits per heavy atom. The van der Waals surface area contributed by atoms with Gasteiger partial charge in [-0.15, -0.1) is 0 Å². The summed E-state index contributed by atoms with van der Waals surface area (Å²) in [6, 6.07) is 12.3. The number of methoxy groups -OCH3 is 1. The van der Waals surface area contributed by atoms with Gasteiger partial charge in [0, 0.05) is 29.1 Å². The number of pyridine rings is 1. The van der Waals surface area contributed by atoms with Crippen molar-refractivity contribution < 1.29 is 9.53 Å². The van der Waals surface area contributed by atoms with Crippen molar-refractivity contribution in [1.29, 1.82) is 0 Å². The van der Waals surface area contributed by atoms with Crippen LogP contribution in [0.1, 0.15) is 32.0 Å². The first-order valence-electron chi connectivity index (χ1n) is 8.53. The zero-order chi connectivity index (χ0) is 18.7. The van der Waals surface area contributed by atoms with Gasteiger partial charge in [-0.05, 0) is 30.2 Å². The summed E-state index contributed by atoms with van der Waals surface area (Å²) in [5.41, 5.74) is 3.92. The molecule has 1 aromatic carbocycles. The van der Waals surface area contributed by atoms with E-state index in [0.717, 1.165) is 28.1 Å². The van der Waals surface area contributed by atoms with Gasteiger partial charge in [-0.2, -0.15) is 5.10 Å². The van der Waals surface area contributed by atoms with Gasteiger partial charge in [0.1, 0.15) is 5.75 Å².